The van der Waals surface area contributed by atoms with E-state index in [4.69, 9.17) is 23.2 Å². The van der Waals surface area contributed by atoms with E-state index in [0.717, 1.165) is 38.8 Å². The van der Waals surface area contributed by atoms with E-state index in [1.807, 2.05) is 71.3 Å². The van der Waals surface area contributed by atoms with Gasteiger partial charge in [0.05, 0.1) is 5.52 Å². The minimum atomic E-state index is -0.748. The van der Waals surface area contributed by atoms with Crippen LogP contribution >= 0.6 is 23.2 Å². The molecule has 2 aromatic heterocycles. The van der Waals surface area contributed by atoms with Crippen molar-refractivity contribution in [2.75, 3.05) is 0 Å². The lowest BCUT2D eigenvalue weighted by atomic mass is 9.96. The van der Waals surface area contributed by atoms with Crippen LogP contribution in [-0.4, -0.2) is 14.5 Å². The van der Waals surface area contributed by atoms with E-state index in [1.165, 1.54) is 0 Å². The summed E-state index contributed by atoms with van der Waals surface area (Å²) in [4.78, 5) is 4.46. The maximum absolute atomic E-state index is 10.9. The summed E-state index contributed by atoms with van der Waals surface area (Å²) in [5, 5.41) is 13.3. The molecule has 1 unspecified atom stereocenters. The van der Waals surface area contributed by atoms with E-state index in [0.29, 0.717) is 10.0 Å². The van der Waals surface area contributed by atoms with Gasteiger partial charge in [-0.25, -0.2) is 4.98 Å². The van der Waals surface area contributed by atoms with Gasteiger partial charge in [0.1, 0.15) is 11.8 Å². The third-order valence-corrected chi connectivity index (χ3v) is 5.64. The van der Waals surface area contributed by atoms with E-state index in [-0.39, 0.29) is 0 Å². The standard InChI is InChI=1S/C24H16Cl2N2O/c25-18-7-4-15(5-8-18)24(29)17-6-9-22-21(13-17)20(14-23-27-10-11-28(22)23)16-2-1-3-19(26)12-16/h1-14,24,29H. The normalized spacial score (nSPS) is 12.5. The van der Waals surface area contributed by atoms with Crippen molar-refractivity contribution in [2.45, 2.75) is 6.10 Å². The number of aromatic nitrogens is 2. The van der Waals surface area contributed by atoms with Gasteiger partial charge in [-0.15, -0.1) is 0 Å². The first-order chi connectivity index (χ1) is 14.1. The van der Waals surface area contributed by atoms with E-state index in [9.17, 15) is 5.11 Å². The Morgan fingerprint density at radius 3 is 2.41 bits per heavy atom. The van der Waals surface area contributed by atoms with Crippen molar-refractivity contribution in [3.63, 3.8) is 0 Å². The number of benzene rings is 3. The number of nitrogens with zero attached hydrogens (tertiary/aromatic N) is 2. The molecule has 0 saturated heterocycles. The zero-order valence-electron chi connectivity index (χ0n) is 15.3. The molecule has 0 aliphatic carbocycles. The third kappa shape index (κ3) is 3.28. The second kappa shape index (κ2) is 7.20. The summed E-state index contributed by atoms with van der Waals surface area (Å²) < 4.78 is 2.04. The Bertz CT molecular complexity index is 1340. The largest absolute Gasteiger partial charge is 0.384 e. The molecule has 0 bridgehead atoms. The molecule has 142 valence electrons. The maximum Gasteiger partial charge on any atom is 0.137 e. The molecule has 2 heterocycles. The molecule has 0 amide bonds. The fourth-order valence-corrected chi connectivity index (χ4v) is 4.03. The highest BCUT2D eigenvalue weighted by atomic mass is 35.5. The maximum atomic E-state index is 10.9. The van der Waals surface area contributed by atoms with Gasteiger partial charge in [-0.05, 0) is 64.7 Å². The quantitative estimate of drug-likeness (QED) is 0.360. The summed E-state index contributed by atoms with van der Waals surface area (Å²) in [6.45, 7) is 0. The molecule has 0 aliphatic heterocycles. The Balaban J connectivity index is 1.74. The van der Waals surface area contributed by atoms with Crippen LogP contribution in [0.4, 0.5) is 0 Å². The van der Waals surface area contributed by atoms with Gasteiger partial charge >= 0.3 is 0 Å². The number of rotatable bonds is 3. The van der Waals surface area contributed by atoms with Gasteiger partial charge in [-0.1, -0.05) is 53.5 Å². The average molecular weight is 419 g/mol. The van der Waals surface area contributed by atoms with Crippen LogP contribution in [0.15, 0.2) is 85.2 Å². The minimum absolute atomic E-state index is 0.644. The number of hydrogen-bond acceptors (Lipinski definition) is 2. The molecule has 3 nitrogen and oxygen atoms in total. The van der Waals surface area contributed by atoms with Crippen molar-refractivity contribution in [3.05, 3.63) is 106 Å². The van der Waals surface area contributed by atoms with Crippen LogP contribution in [-0.2, 0) is 0 Å². The van der Waals surface area contributed by atoms with Gasteiger partial charge in [0, 0.05) is 27.8 Å². The number of fused-ring (bicyclic) bond motifs is 3. The summed E-state index contributed by atoms with van der Waals surface area (Å²) in [5.41, 5.74) is 5.50. The lowest BCUT2D eigenvalue weighted by Crippen LogP contribution is -2.00. The zero-order valence-corrected chi connectivity index (χ0v) is 16.8. The zero-order chi connectivity index (χ0) is 20.0. The molecule has 0 spiro atoms. The lowest BCUT2D eigenvalue weighted by molar-refractivity contribution is 0.220. The summed E-state index contributed by atoms with van der Waals surface area (Å²) in [6, 6.07) is 23.1. The Morgan fingerprint density at radius 2 is 1.62 bits per heavy atom. The third-order valence-electron chi connectivity index (χ3n) is 5.15. The van der Waals surface area contributed by atoms with Gasteiger partial charge < -0.3 is 5.11 Å². The monoisotopic (exact) mass is 418 g/mol. The predicted octanol–water partition coefficient (Wildman–Crippen LogP) is 6.54. The van der Waals surface area contributed by atoms with Crippen molar-refractivity contribution < 1.29 is 5.11 Å². The molecule has 1 atom stereocenters. The van der Waals surface area contributed by atoms with E-state index >= 15 is 0 Å². The smallest absolute Gasteiger partial charge is 0.137 e. The van der Waals surface area contributed by atoms with E-state index in [2.05, 4.69) is 4.98 Å². The van der Waals surface area contributed by atoms with Gasteiger partial charge in [-0.2, -0.15) is 0 Å². The summed E-state index contributed by atoms with van der Waals surface area (Å²) in [7, 11) is 0. The van der Waals surface area contributed by atoms with Crippen LogP contribution in [0, 0.1) is 0 Å². The predicted molar refractivity (Wildman–Crippen MR) is 119 cm³/mol. The average Bonchev–Trinajstić information content (AvgIpc) is 3.22. The Morgan fingerprint density at radius 1 is 0.828 bits per heavy atom. The van der Waals surface area contributed by atoms with E-state index in [1.54, 1.807) is 18.3 Å². The Hall–Kier alpha value is -2.85. The molecule has 5 rings (SSSR count). The molecule has 0 saturated carbocycles. The van der Waals surface area contributed by atoms with Crippen LogP contribution in [0.1, 0.15) is 17.2 Å². The van der Waals surface area contributed by atoms with Crippen LogP contribution in [0.2, 0.25) is 10.0 Å². The summed E-state index contributed by atoms with van der Waals surface area (Å²) in [5.74, 6) is 0. The molecule has 5 heteroatoms. The Kier molecular flexibility index (Phi) is 4.51. The SMILES string of the molecule is OC(c1ccc(Cl)cc1)c1ccc2c(c1)c(-c1cccc(Cl)c1)cc1nccn12. The molecule has 0 radical (unpaired) electrons. The van der Waals surface area contributed by atoms with Crippen molar-refractivity contribution in [1.82, 2.24) is 9.38 Å². The first-order valence-electron chi connectivity index (χ1n) is 9.19. The van der Waals surface area contributed by atoms with Crippen LogP contribution in [0.5, 0.6) is 0 Å². The highest BCUT2D eigenvalue weighted by Gasteiger charge is 2.15. The van der Waals surface area contributed by atoms with Gasteiger partial charge in [0.15, 0.2) is 0 Å². The molecule has 0 aliphatic rings. The highest BCUT2D eigenvalue weighted by Crippen LogP contribution is 2.34. The molecule has 29 heavy (non-hydrogen) atoms. The van der Waals surface area contributed by atoms with Crippen molar-refractivity contribution in [3.8, 4) is 11.1 Å². The lowest BCUT2D eigenvalue weighted by Gasteiger charge is -2.15. The highest BCUT2D eigenvalue weighted by molar-refractivity contribution is 6.31. The molecule has 5 aromatic rings. The van der Waals surface area contributed by atoms with Gasteiger partial charge in [0.25, 0.3) is 0 Å². The molecular weight excluding hydrogens is 403 g/mol. The van der Waals surface area contributed by atoms with Crippen LogP contribution in [0.3, 0.4) is 0 Å². The first-order valence-corrected chi connectivity index (χ1v) is 9.95. The number of pyridine rings is 1. The number of hydrogen-bond donors (Lipinski definition) is 1. The number of imidazole rings is 1. The molecular formula is C24H16Cl2N2O. The van der Waals surface area contributed by atoms with Crippen LogP contribution < -0.4 is 0 Å². The number of aliphatic hydroxyl groups is 1. The fourth-order valence-electron chi connectivity index (χ4n) is 3.71. The molecule has 1 N–H and O–H groups in total. The van der Waals surface area contributed by atoms with Gasteiger partial charge in [-0.3, -0.25) is 4.40 Å². The van der Waals surface area contributed by atoms with Crippen molar-refractivity contribution in [1.29, 1.82) is 0 Å². The minimum Gasteiger partial charge on any atom is -0.384 e. The number of aliphatic hydroxyl groups excluding tert-OH is 1. The summed E-state index contributed by atoms with van der Waals surface area (Å²) >= 11 is 12.2. The fraction of sp³-hybridized carbons (Fsp3) is 0.0417. The van der Waals surface area contributed by atoms with Crippen molar-refractivity contribution >= 4 is 39.8 Å². The second-order valence-corrected chi connectivity index (χ2v) is 7.83. The summed E-state index contributed by atoms with van der Waals surface area (Å²) in [6.07, 6.45) is 2.98. The number of halogens is 2. The van der Waals surface area contributed by atoms with Gasteiger partial charge in [0.2, 0.25) is 0 Å². The Labute approximate surface area is 177 Å². The first kappa shape index (κ1) is 18.2. The topological polar surface area (TPSA) is 37.5 Å². The van der Waals surface area contributed by atoms with Crippen LogP contribution in [0.25, 0.3) is 27.7 Å². The second-order valence-electron chi connectivity index (χ2n) is 6.95. The molecule has 0 fully saturated rings. The van der Waals surface area contributed by atoms with Crippen molar-refractivity contribution in [2.24, 2.45) is 0 Å². The molecule has 3 aromatic carbocycles. The van der Waals surface area contributed by atoms with E-state index < -0.39 is 6.10 Å².